The Morgan fingerprint density at radius 1 is 1.32 bits per heavy atom. The van der Waals surface area contributed by atoms with Crippen LogP contribution < -0.4 is 0 Å². The maximum absolute atomic E-state index is 12.2. The fourth-order valence-electron chi connectivity index (χ4n) is 2.15. The largest absolute Gasteiger partial charge is 0.392 e. The van der Waals surface area contributed by atoms with E-state index in [0.717, 1.165) is 6.42 Å². The average molecular weight is 263 g/mol. The SMILES string of the molecule is Cc1cccc(CCC(=O)N(CC(C)O)C(C)C)c1. The minimum atomic E-state index is -0.481. The van der Waals surface area contributed by atoms with E-state index in [1.54, 1.807) is 11.8 Å². The molecular weight excluding hydrogens is 238 g/mol. The fourth-order valence-corrected chi connectivity index (χ4v) is 2.15. The predicted molar refractivity (Wildman–Crippen MR) is 78.0 cm³/mol. The fraction of sp³-hybridized carbons (Fsp3) is 0.562. The summed E-state index contributed by atoms with van der Waals surface area (Å²) in [5.74, 6) is 0.109. The van der Waals surface area contributed by atoms with Crippen molar-refractivity contribution in [3.05, 3.63) is 35.4 Å². The Bertz CT molecular complexity index is 413. The second-order valence-electron chi connectivity index (χ2n) is 5.48. The van der Waals surface area contributed by atoms with E-state index in [4.69, 9.17) is 0 Å². The first-order valence-corrected chi connectivity index (χ1v) is 6.93. The molecule has 1 atom stereocenters. The van der Waals surface area contributed by atoms with E-state index in [0.29, 0.717) is 13.0 Å². The van der Waals surface area contributed by atoms with Crippen LogP contribution in [0.3, 0.4) is 0 Å². The van der Waals surface area contributed by atoms with E-state index in [9.17, 15) is 9.90 Å². The first-order valence-electron chi connectivity index (χ1n) is 6.93. The number of amides is 1. The van der Waals surface area contributed by atoms with Gasteiger partial charge in [0.05, 0.1) is 6.10 Å². The van der Waals surface area contributed by atoms with Crippen molar-refractivity contribution in [2.45, 2.75) is 52.7 Å². The van der Waals surface area contributed by atoms with Crippen LogP contribution in [-0.2, 0) is 11.2 Å². The van der Waals surface area contributed by atoms with E-state index < -0.39 is 6.10 Å². The Morgan fingerprint density at radius 3 is 2.53 bits per heavy atom. The molecule has 0 radical (unpaired) electrons. The quantitative estimate of drug-likeness (QED) is 0.857. The molecule has 1 N–H and O–H groups in total. The van der Waals surface area contributed by atoms with Crippen molar-refractivity contribution in [1.29, 1.82) is 0 Å². The molecule has 1 aromatic rings. The number of hydrogen-bond donors (Lipinski definition) is 1. The standard InChI is InChI=1S/C16H25NO2/c1-12(2)17(11-14(4)18)16(19)9-8-15-7-5-6-13(3)10-15/h5-7,10,12,14,18H,8-9,11H2,1-4H3. The normalized spacial score (nSPS) is 12.5. The zero-order valence-corrected chi connectivity index (χ0v) is 12.4. The van der Waals surface area contributed by atoms with Crippen molar-refractivity contribution in [2.75, 3.05) is 6.54 Å². The molecule has 0 aromatic heterocycles. The lowest BCUT2D eigenvalue weighted by atomic mass is 10.1. The molecule has 1 amide bonds. The second kappa shape index (κ2) is 7.29. The summed E-state index contributed by atoms with van der Waals surface area (Å²) >= 11 is 0. The summed E-state index contributed by atoms with van der Waals surface area (Å²) in [4.78, 5) is 13.9. The smallest absolute Gasteiger partial charge is 0.223 e. The summed E-state index contributed by atoms with van der Waals surface area (Å²) in [6, 6.07) is 8.36. The zero-order valence-electron chi connectivity index (χ0n) is 12.4. The molecule has 0 fully saturated rings. The Morgan fingerprint density at radius 2 is 2.00 bits per heavy atom. The number of carbonyl (C=O) groups excluding carboxylic acids is 1. The highest BCUT2D eigenvalue weighted by Crippen LogP contribution is 2.10. The lowest BCUT2D eigenvalue weighted by molar-refractivity contribution is -0.134. The molecule has 0 saturated carbocycles. The van der Waals surface area contributed by atoms with Crippen LogP contribution in [0.25, 0.3) is 0 Å². The summed E-state index contributed by atoms with van der Waals surface area (Å²) in [5.41, 5.74) is 2.41. The van der Waals surface area contributed by atoms with Gasteiger partial charge < -0.3 is 10.0 Å². The van der Waals surface area contributed by atoms with Gasteiger partial charge in [0, 0.05) is 19.0 Å². The lowest BCUT2D eigenvalue weighted by Crippen LogP contribution is -2.41. The number of aliphatic hydroxyl groups is 1. The van der Waals surface area contributed by atoms with Crippen LogP contribution in [0.15, 0.2) is 24.3 Å². The molecule has 1 rings (SSSR count). The third kappa shape index (κ3) is 5.43. The van der Waals surface area contributed by atoms with Gasteiger partial charge in [-0.3, -0.25) is 4.79 Å². The number of aryl methyl sites for hydroxylation is 2. The monoisotopic (exact) mass is 263 g/mol. The first kappa shape index (κ1) is 15.7. The maximum Gasteiger partial charge on any atom is 0.223 e. The Hall–Kier alpha value is -1.35. The van der Waals surface area contributed by atoms with E-state index >= 15 is 0 Å². The van der Waals surface area contributed by atoms with Gasteiger partial charge in [-0.1, -0.05) is 29.8 Å². The van der Waals surface area contributed by atoms with Crippen molar-refractivity contribution < 1.29 is 9.90 Å². The molecule has 0 bridgehead atoms. The van der Waals surface area contributed by atoms with Gasteiger partial charge in [-0.25, -0.2) is 0 Å². The number of carbonyl (C=O) groups is 1. The number of hydrogen-bond acceptors (Lipinski definition) is 2. The average Bonchev–Trinajstić information content (AvgIpc) is 2.32. The van der Waals surface area contributed by atoms with E-state index in [1.165, 1.54) is 11.1 Å². The van der Waals surface area contributed by atoms with Crippen LogP contribution in [0.4, 0.5) is 0 Å². The van der Waals surface area contributed by atoms with Crippen LogP contribution in [0.5, 0.6) is 0 Å². The summed E-state index contributed by atoms with van der Waals surface area (Å²) in [6.45, 7) is 8.13. The van der Waals surface area contributed by atoms with Crippen molar-refractivity contribution in [2.24, 2.45) is 0 Å². The van der Waals surface area contributed by atoms with Crippen molar-refractivity contribution in [3.8, 4) is 0 Å². The Labute approximate surface area is 116 Å². The Kier molecular flexibility index (Phi) is 6.03. The molecule has 19 heavy (non-hydrogen) atoms. The van der Waals surface area contributed by atoms with Crippen molar-refractivity contribution in [3.63, 3.8) is 0 Å². The third-order valence-corrected chi connectivity index (χ3v) is 3.11. The van der Waals surface area contributed by atoms with Crippen LogP contribution in [-0.4, -0.2) is 34.6 Å². The summed E-state index contributed by atoms with van der Waals surface area (Å²) in [6.07, 6.45) is 0.767. The maximum atomic E-state index is 12.2. The van der Waals surface area contributed by atoms with Crippen LogP contribution >= 0.6 is 0 Å². The third-order valence-electron chi connectivity index (χ3n) is 3.11. The molecule has 0 aliphatic carbocycles. The number of rotatable bonds is 6. The van der Waals surface area contributed by atoms with Gasteiger partial charge in [-0.05, 0) is 39.7 Å². The molecule has 0 heterocycles. The second-order valence-corrected chi connectivity index (χ2v) is 5.48. The molecule has 0 saturated heterocycles. The minimum absolute atomic E-state index is 0.109. The molecule has 0 aliphatic rings. The van der Waals surface area contributed by atoms with E-state index in [2.05, 4.69) is 25.1 Å². The van der Waals surface area contributed by atoms with Gasteiger partial charge in [-0.2, -0.15) is 0 Å². The van der Waals surface area contributed by atoms with E-state index in [-0.39, 0.29) is 11.9 Å². The highest BCUT2D eigenvalue weighted by atomic mass is 16.3. The summed E-state index contributed by atoms with van der Waals surface area (Å²) in [7, 11) is 0. The van der Waals surface area contributed by atoms with Crippen LogP contribution in [0.1, 0.15) is 38.3 Å². The number of aliphatic hydroxyl groups excluding tert-OH is 1. The number of nitrogens with zero attached hydrogens (tertiary/aromatic N) is 1. The van der Waals surface area contributed by atoms with Gasteiger partial charge in [0.2, 0.25) is 5.91 Å². The molecule has 3 nitrogen and oxygen atoms in total. The zero-order chi connectivity index (χ0) is 14.4. The minimum Gasteiger partial charge on any atom is -0.392 e. The van der Waals surface area contributed by atoms with Gasteiger partial charge >= 0.3 is 0 Å². The topological polar surface area (TPSA) is 40.5 Å². The molecule has 0 aliphatic heterocycles. The summed E-state index contributed by atoms with van der Waals surface area (Å²) < 4.78 is 0. The lowest BCUT2D eigenvalue weighted by Gasteiger charge is -2.28. The van der Waals surface area contributed by atoms with Crippen LogP contribution in [0.2, 0.25) is 0 Å². The van der Waals surface area contributed by atoms with Gasteiger partial charge in [0.1, 0.15) is 0 Å². The van der Waals surface area contributed by atoms with Crippen molar-refractivity contribution >= 4 is 5.91 Å². The van der Waals surface area contributed by atoms with Gasteiger partial charge in [0.25, 0.3) is 0 Å². The molecule has 1 unspecified atom stereocenters. The molecule has 3 heteroatoms. The van der Waals surface area contributed by atoms with Crippen LogP contribution in [0, 0.1) is 6.92 Å². The van der Waals surface area contributed by atoms with Crippen molar-refractivity contribution in [1.82, 2.24) is 4.90 Å². The summed E-state index contributed by atoms with van der Waals surface area (Å²) in [5, 5.41) is 9.45. The number of benzene rings is 1. The highest BCUT2D eigenvalue weighted by molar-refractivity contribution is 5.76. The van der Waals surface area contributed by atoms with E-state index in [1.807, 2.05) is 19.9 Å². The Balaban J connectivity index is 2.57. The predicted octanol–water partition coefficient (Wildman–Crippen LogP) is 2.55. The molecule has 1 aromatic carbocycles. The first-order chi connectivity index (χ1) is 8.90. The van der Waals surface area contributed by atoms with Gasteiger partial charge in [0.15, 0.2) is 0 Å². The molecule has 0 spiro atoms. The highest BCUT2D eigenvalue weighted by Gasteiger charge is 2.18. The molecular formula is C16H25NO2. The van der Waals surface area contributed by atoms with Gasteiger partial charge in [-0.15, -0.1) is 0 Å². The molecule has 106 valence electrons.